The molecule has 64 valence electrons. The predicted molar refractivity (Wildman–Crippen MR) is 47.6 cm³/mol. The average Bonchev–Trinajstić information content (AvgIpc) is 2.55. The fourth-order valence-corrected chi connectivity index (χ4v) is 2.78. The molecule has 1 aliphatic carbocycles. The molecule has 0 N–H and O–H groups in total. The summed E-state index contributed by atoms with van der Waals surface area (Å²) in [7, 11) is 2.26. The van der Waals surface area contributed by atoms with Gasteiger partial charge in [-0.05, 0) is 31.8 Å². The Kier molecular flexibility index (Phi) is 2.17. The Balaban J connectivity index is 1.85. The van der Waals surface area contributed by atoms with Gasteiger partial charge in [-0.1, -0.05) is 25.7 Å². The standard InChI is InChI=1S/C10H19N/c1-11-7-6-10(8-11)9-4-2-3-5-9/h9-10H,2-8H2,1H3. The molecule has 1 atom stereocenters. The van der Waals surface area contributed by atoms with Crippen molar-refractivity contribution in [3.63, 3.8) is 0 Å². The van der Waals surface area contributed by atoms with Crippen molar-refractivity contribution in [2.75, 3.05) is 20.1 Å². The van der Waals surface area contributed by atoms with E-state index in [9.17, 15) is 0 Å². The van der Waals surface area contributed by atoms with Gasteiger partial charge in [0.1, 0.15) is 0 Å². The van der Waals surface area contributed by atoms with E-state index in [-0.39, 0.29) is 0 Å². The zero-order valence-electron chi connectivity index (χ0n) is 7.55. The van der Waals surface area contributed by atoms with E-state index in [1.807, 2.05) is 0 Å². The van der Waals surface area contributed by atoms with Gasteiger partial charge in [-0.2, -0.15) is 0 Å². The van der Waals surface area contributed by atoms with Crippen molar-refractivity contribution in [2.24, 2.45) is 11.8 Å². The molecule has 11 heavy (non-hydrogen) atoms. The van der Waals surface area contributed by atoms with Gasteiger partial charge in [0.05, 0.1) is 0 Å². The van der Waals surface area contributed by atoms with Crippen LogP contribution < -0.4 is 0 Å². The molecule has 0 aromatic carbocycles. The van der Waals surface area contributed by atoms with Crippen LogP contribution in [-0.2, 0) is 0 Å². The molecule has 1 nitrogen and oxygen atoms in total. The molecule has 1 heteroatoms. The summed E-state index contributed by atoms with van der Waals surface area (Å²) in [6.07, 6.45) is 7.54. The first-order valence-corrected chi connectivity index (χ1v) is 5.05. The summed E-state index contributed by atoms with van der Waals surface area (Å²) < 4.78 is 0. The molecule has 0 amide bonds. The Hall–Kier alpha value is -0.0400. The lowest BCUT2D eigenvalue weighted by Gasteiger charge is -2.17. The van der Waals surface area contributed by atoms with Gasteiger partial charge in [-0.25, -0.2) is 0 Å². The van der Waals surface area contributed by atoms with Crippen LogP contribution in [0.1, 0.15) is 32.1 Å². The van der Waals surface area contributed by atoms with Gasteiger partial charge in [0, 0.05) is 6.54 Å². The molecular formula is C10H19N. The fraction of sp³-hybridized carbons (Fsp3) is 1.00. The van der Waals surface area contributed by atoms with E-state index in [2.05, 4.69) is 11.9 Å². The minimum Gasteiger partial charge on any atom is -0.306 e. The minimum absolute atomic E-state index is 1.06. The van der Waals surface area contributed by atoms with Crippen molar-refractivity contribution >= 4 is 0 Å². The van der Waals surface area contributed by atoms with Gasteiger partial charge in [0.15, 0.2) is 0 Å². The molecule has 2 aliphatic rings. The highest BCUT2D eigenvalue weighted by Crippen LogP contribution is 2.35. The number of likely N-dealkylation sites (tertiary alicyclic amines) is 1. The van der Waals surface area contributed by atoms with Crippen molar-refractivity contribution in [1.29, 1.82) is 0 Å². The molecule has 2 rings (SSSR count). The van der Waals surface area contributed by atoms with Crippen LogP contribution in [0, 0.1) is 11.8 Å². The first-order valence-electron chi connectivity index (χ1n) is 5.05. The number of hydrogen-bond donors (Lipinski definition) is 0. The minimum atomic E-state index is 1.06. The molecule has 1 saturated heterocycles. The molecule has 0 aromatic heterocycles. The maximum Gasteiger partial charge on any atom is 0.000973 e. The molecule has 1 heterocycles. The van der Waals surface area contributed by atoms with Gasteiger partial charge in [0.25, 0.3) is 0 Å². The van der Waals surface area contributed by atoms with E-state index >= 15 is 0 Å². The van der Waals surface area contributed by atoms with E-state index in [4.69, 9.17) is 0 Å². The molecular weight excluding hydrogens is 134 g/mol. The lowest BCUT2D eigenvalue weighted by Crippen LogP contribution is -2.17. The second-order valence-electron chi connectivity index (χ2n) is 4.36. The first kappa shape index (κ1) is 7.60. The highest BCUT2D eigenvalue weighted by atomic mass is 15.1. The fourth-order valence-electron chi connectivity index (χ4n) is 2.78. The van der Waals surface area contributed by atoms with Gasteiger partial charge < -0.3 is 4.90 Å². The quantitative estimate of drug-likeness (QED) is 0.558. The van der Waals surface area contributed by atoms with E-state index in [0.29, 0.717) is 0 Å². The van der Waals surface area contributed by atoms with Crippen LogP contribution in [0.2, 0.25) is 0 Å². The highest BCUT2D eigenvalue weighted by molar-refractivity contribution is 4.82. The van der Waals surface area contributed by atoms with Crippen LogP contribution in [-0.4, -0.2) is 25.0 Å². The SMILES string of the molecule is CN1CCC(C2CCCC2)C1. The summed E-state index contributed by atoms with van der Waals surface area (Å²) in [5.74, 6) is 2.16. The van der Waals surface area contributed by atoms with Gasteiger partial charge in [-0.15, -0.1) is 0 Å². The molecule has 0 aromatic rings. The summed E-state index contributed by atoms with van der Waals surface area (Å²) in [4.78, 5) is 2.49. The third-order valence-electron chi connectivity index (χ3n) is 3.49. The molecule has 1 aliphatic heterocycles. The Bertz CT molecular complexity index is 127. The molecule has 0 radical (unpaired) electrons. The Morgan fingerprint density at radius 3 is 2.27 bits per heavy atom. The highest BCUT2D eigenvalue weighted by Gasteiger charge is 2.29. The van der Waals surface area contributed by atoms with Crippen molar-refractivity contribution < 1.29 is 0 Å². The lowest BCUT2D eigenvalue weighted by molar-refractivity contribution is 0.323. The third-order valence-corrected chi connectivity index (χ3v) is 3.49. The monoisotopic (exact) mass is 153 g/mol. The Morgan fingerprint density at radius 1 is 1.00 bits per heavy atom. The van der Waals surface area contributed by atoms with Gasteiger partial charge >= 0.3 is 0 Å². The summed E-state index contributed by atoms with van der Waals surface area (Å²) in [5.41, 5.74) is 0. The van der Waals surface area contributed by atoms with Crippen molar-refractivity contribution in [1.82, 2.24) is 4.90 Å². The molecule has 1 unspecified atom stereocenters. The zero-order valence-corrected chi connectivity index (χ0v) is 7.55. The zero-order chi connectivity index (χ0) is 7.68. The summed E-state index contributed by atoms with van der Waals surface area (Å²) in [6, 6.07) is 0. The number of nitrogens with zero attached hydrogens (tertiary/aromatic N) is 1. The predicted octanol–water partition coefficient (Wildman–Crippen LogP) is 2.13. The van der Waals surface area contributed by atoms with Crippen LogP contribution in [0.4, 0.5) is 0 Å². The van der Waals surface area contributed by atoms with Crippen LogP contribution >= 0.6 is 0 Å². The Morgan fingerprint density at radius 2 is 1.73 bits per heavy atom. The van der Waals surface area contributed by atoms with Crippen LogP contribution in [0.5, 0.6) is 0 Å². The smallest absolute Gasteiger partial charge is 0.000973 e. The molecule has 1 saturated carbocycles. The lowest BCUT2D eigenvalue weighted by atomic mass is 9.90. The topological polar surface area (TPSA) is 3.24 Å². The summed E-state index contributed by atoms with van der Waals surface area (Å²) >= 11 is 0. The average molecular weight is 153 g/mol. The number of hydrogen-bond acceptors (Lipinski definition) is 1. The Labute approximate surface area is 69.8 Å². The third kappa shape index (κ3) is 1.58. The molecule has 2 fully saturated rings. The van der Waals surface area contributed by atoms with Gasteiger partial charge in [-0.3, -0.25) is 0 Å². The maximum absolute atomic E-state index is 2.49. The second kappa shape index (κ2) is 3.14. The van der Waals surface area contributed by atoms with Crippen molar-refractivity contribution in [3.05, 3.63) is 0 Å². The normalized spacial score (nSPS) is 35.2. The van der Waals surface area contributed by atoms with Crippen molar-refractivity contribution in [3.8, 4) is 0 Å². The maximum atomic E-state index is 2.49. The van der Waals surface area contributed by atoms with E-state index in [1.165, 1.54) is 45.2 Å². The van der Waals surface area contributed by atoms with Gasteiger partial charge in [0.2, 0.25) is 0 Å². The van der Waals surface area contributed by atoms with Crippen LogP contribution in [0.15, 0.2) is 0 Å². The van der Waals surface area contributed by atoms with E-state index in [0.717, 1.165) is 11.8 Å². The summed E-state index contributed by atoms with van der Waals surface area (Å²) in [6.45, 7) is 2.73. The van der Waals surface area contributed by atoms with Crippen LogP contribution in [0.3, 0.4) is 0 Å². The number of rotatable bonds is 1. The van der Waals surface area contributed by atoms with E-state index < -0.39 is 0 Å². The molecule has 0 spiro atoms. The van der Waals surface area contributed by atoms with E-state index in [1.54, 1.807) is 0 Å². The molecule has 0 bridgehead atoms. The van der Waals surface area contributed by atoms with Crippen molar-refractivity contribution in [2.45, 2.75) is 32.1 Å². The second-order valence-corrected chi connectivity index (χ2v) is 4.36. The summed E-state index contributed by atoms with van der Waals surface area (Å²) in [5, 5.41) is 0. The largest absolute Gasteiger partial charge is 0.306 e. The first-order chi connectivity index (χ1) is 5.36. The van der Waals surface area contributed by atoms with Crippen LogP contribution in [0.25, 0.3) is 0 Å².